The van der Waals surface area contributed by atoms with Crippen molar-refractivity contribution in [2.75, 3.05) is 5.73 Å². The normalized spacial score (nSPS) is 9.93. The quantitative estimate of drug-likeness (QED) is 0.376. The minimum absolute atomic E-state index is 0. The Kier molecular flexibility index (Phi) is 7.55. The smallest absolute Gasteiger partial charge is 0.337 e. The number of carboxylic acids is 1. The number of nitrogen functional groups attached to an aromatic ring is 1. The molecule has 0 amide bonds. The highest BCUT2D eigenvalue weighted by Crippen LogP contribution is 2.26. The number of halogens is 2. The number of hydrogen-bond acceptors (Lipinski definition) is 4. The summed E-state index contributed by atoms with van der Waals surface area (Å²) in [6.45, 7) is 3.75. The lowest BCUT2D eigenvalue weighted by Gasteiger charge is -2.05. The Morgan fingerprint density at radius 2 is 1.56 bits per heavy atom. The highest BCUT2D eigenvalue weighted by Gasteiger charge is 2.11. The van der Waals surface area contributed by atoms with E-state index in [1.807, 2.05) is 19.9 Å². The third-order valence-corrected chi connectivity index (χ3v) is 5.72. The Morgan fingerprint density at radius 1 is 1.00 bits per heavy atom. The molecule has 0 unspecified atom stereocenters. The standard InChI is InChI=1S/C9H7BrN2O2.C8H8BrNO2.CH4/c1-4-2-3-5-7(6(4)10)11-9(14)12-8(5)13;1-4-2-3-5(8(11)12)7(10)6(4)9;/h2-3H,1H3,(H2,11,12,13,14);2-3H,10H2,1H3,(H,11,12);1H4. The molecule has 0 aliphatic heterocycles. The van der Waals surface area contributed by atoms with Crippen LogP contribution in [-0.2, 0) is 0 Å². The number of H-pyrrole nitrogens is 2. The van der Waals surface area contributed by atoms with E-state index in [2.05, 4.69) is 41.8 Å². The second-order valence-corrected chi connectivity index (χ2v) is 7.08. The van der Waals surface area contributed by atoms with Gasteiger partial charge in [-0.05, 0) is 69.0 Å². The fourth-order valence-corrected chi connectivity index (χ4v) is 2.99. The molecule has 3 rings (SSSR count). The van der Waals surface area contributed by atoms with Gasteiger partial charge in [0.25, 0.3) is 5.56 Å². The molecule has 0 bridgehead atoms. The van der Waals surface area contributed by atoms with E-state index in [4.69, 9.17) is 10.8 Å². The zero-order valence-electron chi connectivity index (χ0n) is 13.8. The molecule has 9 heteroatoms. The van der Waals surface area contributed by atoms with Crippen LogP contribution in [0.5, 0.6) is 0 Å². The van der Waals surface area contributed by atoms with Crippen molar-refractivity contribution < 1.29 is 9.90 Å². The molecule has 0 radical (unpaired) electrons. The molecule has 0 saturated carbocycles. The minimum Gasteiger partial charge on any atom is -0.478 e. The highest BCUT2D eigenvalue weighted by molar-refractivity contribution is 9.11. The number of carbonyl (C=O) groups is 1. The summed E-state index contributed by atoms with van der Waals surface area (Å²) in [4.78, 5) is 37.7. The lowest BCUT2D eigenvalue weighted by Crippen LogP contribution is -2.22. The maximum Gasteiger partial charge on any atom is 0.337 e. The predicted molar refractivity (Wildman–Crippen MR) is 115 cm³/mol. The van der Waals surface area contributed by atoms with Crippen molar-refractivity contribution in [3.8, 4) is 0 Å². The van der Waals surface area contributed by atoms with E-state index in [0.717, 1.165) is 15.6 Å². The number of rotatable bonds is 1. The molecular formula is C18H19Br2N3O4. The number of benzene rings is 2. The Morgan fingerprint density at radius 3 is 2.15 bits per heavy atom. The van der Waals surface area contributed by atoms with Crippen LogP contribution in [0.3, 0.4) is 0 Å². The molecule has 0 atom stereocenters. The van der Waals surface area contributed by atoms with E-state index in [9.17, 15) is 14.4 Å². The van der Waals surface area contributed by atoms with E-state index >= 15 is 0 Å². The average Bonchev–Trinajstić information content (AvgIpc) is 2.56. The number of carboxylic acid groups (broad SMARTS) is 1. The monoisotopic (exact) mass is 499 g/mol. The van der Waals surface area contributed by atoms with E-state index in [-0.39, 0.29) is 24.2 Å². The lowest BCUT2D eigenvalue weighted by atomic mass is 10.1. The number of aromatic amines is 2. The van der Waals surface area contributed by atoms with Crippen LogP contribution >= 0.6 is 31.9 Å². The van der Waals surface area contributed by atoms with Crippen molar-refractivity contribution in [1.29, 1.82) is 0 Å². The van der Waals surface area contributed by atoms with Gasteiger partial charge in [-0.25, -0.2) is 9.59 Å². The maximum absolute atomic E-state index is 11.4. The topological polar surface area (TPSA) is 129 Å². The summed E-state index contributed by atoms with van der Waals surface area (Å²) in [5.41, 5.74) is 7.55. The predicted octanol–water partition coefficient (Wildman–Crippen LogP) is 3.96. The summed E-state index contributed by atoms with van der Waals surface area (Å²) in [5, 5.41) is 9.15. The van der Waals surface area contributed by atoms with Crippen molar-refractivity contribution in [1.82, 2.24) is 9.97 Å². The number of fused-ring (bicyclic) bond motifs is 1. The molecule has 144 valence electrons. The molecule has 5 N–H and O–H groups in total. The third-order valence-electron chi connectivity index (χ3n) is 3.65. The van der Waals surface area contributed by atoms with E-state index < -0.39 is 11.7 Å². The molecule has 1 aromatic heterocycles. The highest BCUT2D eigenvalue weighted by atomic mass is 79.9. The lowest BCUT2D eigenvalue weighted by molar-refractivity contribution is 0.0698. The Balaban J connectivity index is 0.000000264. The van der Waals surface area contributed by atoms with Gasteiger partial charge in [0.15, 0.2) is 0 Å². The Hall–Kier alpha value is -2.39. The molecule has 0 spiro atoms. The van der Waals surface area contributed by atoms with Crippen molar-refractivity contribution >= 4 is 54.4 Å². The zero-order valence-corrected chi connectivity index (χ0v) is 17.0. The van der Waals surface area contributed by atoms with E-state index in [1.165, 1.54) is 6.07 Å². The summed E-state index contributed by atoms with van der Waals surface area (Å²) in [6, 6.07) is 6.71. The van der Waals surface area contributed by atoms with Gasteiger partial charge in [0.05, 0.1) is 22.2 Å². The molecule has 3 aromatic rings. The number of anilines is 1. The molecule has 2 aromatic carbocycles. The molecule has 1 heterocycles. The Bertz CT molecular complexity index is 1120. The van der Waals surface area contributed by atoms with Gasteiger partial charge in [0, 0.05) is 8.95 Å². The number of aromatic nitrogens is 2. The van der Waals surface area contributed by atoms with Crippen LogP contribution in [0, 0.1) is 13.8 Å². The first-order valence-corrected chi connectivity index (χ1v) is 8.91. The minimum atomic E-state index is -1.01. The molecule has 0 saturated heterocycles. The number of nitrogens with one attached hydrogen (secondary N) is 2. The van der Waals surface area contributed by atoms with Gasteiger partial charge in [0.2, 0.25) is 0 Å². The van der Waals surface area contributed by atoms with Gasteiger partial charge in [-0.1, -0.05) is 19.6 Å². The van der Waals surface area contributed by atoms with E-state index in [1.54, 1.807) is 12.1 Å². The Labute approximate surface area is 171 Å². The van der Waals surface area contributed by atoms with Gasteiger partial charge in [-0.3, -0.25) is 9.78 Å². The number of hydrogen-bond donors (Lipinski definition) is 4. The molecular weight excluding hydrogens is 482 g/mol. The molecule has 0 aliphatic rings. The largest absolute Gasteiger partial charge is 0.478 e. The van der Waals surface area contributed by atoms with Crippen molar-refractivity contribution in [2.24, 2.45) is 0 Å². The summed E-state index contributed by atoms with van der Waals surface area (Å²) in [5.74, 6) is -1.01. The number of aryl methyl sites for hydroxylation is 2. The summed E-state index contributed by atoms with van der Waals surface area (Å²) < 4.78 is 1.40. The first kappa shape index (κ1) is 22.7. The van der Waals surface area contributed by atoms with Gasteiger partial charge < -0.3 is 15.8 Å². The first-order valence-electron chi connectivity index (χ1n) is 7.32. The number of aromatic carboxylic acids is 1. The molecule has 0 fully saturated rings. The van der Waals surface area contributed by atoms with Crippen LogP contribution in [0.25, 0.3) is 10.9 Å². The van der Waals surface area contributed by atoms with Crippen molar-refractivity contribution in [2.45, 2.75) is 21.3 Å². The van der Waals surface area contributed by atoms with E-state index in [0.29, 0.717) is 15.4 Å². The van der Waals surface area contributed by atoms with Gasteiger partial charge in [0.1, 0.15) is 0 Å². The average molecular weight is 501 g/mol. The van der Waals surface area contributed by atoms with Crippen LogP contribution in [-0.4, -0.2) is 21.0 Å². The molecule has 27 heavy (non-hydrogen) atoms. The van der Waals surface area contributed by atoms with Crippen LogP contribution in [0.2, 0.25) is 0 Å². The van der Waals surface area contributed by atoms with Gasteiger partial charge in [-0.2, -0.15) is 0 Å². The summed E-state index contributed by atoms with van der Waals surface area (Å²) in [7, 11) is 0. The van der Waals surface area contributed by atoms with Crippen LogP contribution in [0.1, 0.15) is 28.9 Å². The summed E-state index contributed by atoms with van der Waals surface area (Å²) >= 11 is 6.54. The van der Waals surface area contributed by atoms with Crippen LogP contribution in [0.15, 0.2) is 42.8 Å². The summed E-state index contributed by atoms with van der Waals surface area (Å²) in [6.07, 6.45) is 0. The number of nitrogens with two attached hydrogens (primary N) is 1. The van der Waals surface area contributed by atoms with Crippen molar-refractivity contribution in [3.63, 3.8) is 0 Å². The second-order valence-electron chi connectivity index (χ2n) is 5.49. The first-order chi connectivity index (χ1) is 12.1. The zero-order chi connectivity index (χ0) is 19.6. The third kappa shape index (κ3) is 4.86. The second kappa shape index (κ2) is 9.01. The van der Waals surface area contributed by atoms with Gasteiger partial charge >= 0.3 is 11.7 Å². The van der Waals surface area contributed by atoms with Crippen LogP contribution in [0.4, 0.5) is 5.69 Å². The van der Waals surface area contributed by atoms with Gasteiger partial charge in [-0.15, -0.1) is 0 Å². The molecule has 0 aliphatic carbocycles. The van der Waals surface area contributed by atoms with Crippen LogP contribution < -0.4 is 17.0 Å². The molecule has 7 nitrogen and oxygen atoms in total. The van der Waals surface area contributed by atoms with Crippen molar-refractivity contribution in [3.05, 3.63) is 70.7 Å². The maximum atomic E-state index is 11.4. The fraction of sp³-hybridized carbons (Fsp3) is 0.167. The fourth-order valence-electron chi connectivity index (χ4n) is 2.20. The SMILES string of the molecule is C.Cc1ccc(C(=O)O)c(N)c1Br.Cc1ccc2c(=O)[nH]c(=O)[nH]c2c1Br.